The zero-order chi connectivity index (χ0) is 21.1. The van der Waals surface area contributed by atoms with Gasteiger partial charge in [-0.25, -0.2) is 9.67 Å². The van der Waals surface area contributed by atoms with E-state index in [1.54, 1.807) is 35.4 Å². The Balaban J connectivity index is 1.87. The molecule has 5 nitrogen and oxygen atoms in total. The average Bonchev–Trinajstić information content (AvgIpc) is 3.13. The molecule has 0 atom stereocenters. The molecule has 0 aliphatic carbocycles. The van der Waals surface area contributed by atoms with Gasteiger partial charge in [-0.1, -0.05) is 34.1 Å². The lowest BCUT2D eigenvalue weighted by Gasteiger charge is -2.06. The average molecular weight is 609 g/mol. The van der Waals surface area contributed by atoms with Gasteiger partial charge in [-0.3, -0.25) is 4.98 Å². The summed E-state index contributed by atoms with van der Waals surface area (Å²) in [5.74, 6) is 0.150. The molecule has 9 heteroatoms. The minimum absolute atomic E-state index is 0.150. The summed E-state index contributed by atoms with van der Waals surface area (Å²) in [7, 11) is 0. The predicted molar refractivity (Wildman–Crippen MR) is 131 cm³/mol. The van der Waals surface area contributed by atoms with Crippen LogP contribution < -0.4 is 4.80 Å². The summed E-state index contributed by atoms with van der Waals surface area (Å²) in [4.78, 5) is 9.55. The molecule has 0 radical (unpaired) electrons. The van der Waals surface area contributed by atoms with Gasteiger partial charge >= 0.3 is 0 Å². The van der Waals surface area contributed by atoms with E-state index in [0.29, 0.717) is 13.7 Å². The van der Waals surface area contributed by atoms with Crippen molar-refractivity contribution in [3.05, 3.63) is 90.1 Å². The number of phenols is 1. The van der Waals surface area contributed by atoms with Gasteiger partial charge in [0.15, 0.2) is 0 Å². The summed E-state index contributed by atoms with van der Waals surface area (Å²) in [6.07, 6.45) is 5.15. The van der Waals surface area contributed by atoms with E-state index in [9.17, 15) is 5.11 Å². The van der Waals surface area contributed by atoms with E-state index >= 15 is 0 Å². The van der Waals surface area contributed by atoms with E-state index in [1.165, 1.54) is 11.3 Å². The van der Waals surface area contributed by atoms with Gasteiger partial charge in [0, 0.05) is 21.6 Å². The fraction of sp³-hybridized carbons (Fsp3) is 0. The first-order valence-corrected chi connectivity index (χ1v) is 11.9. The zero-order valence-electron chi connectivity index (χ0n) is 15.2. The number of hydrogen-bond acceptors (Lipinski definition) is 5. The largest absolute Gasteiger partial charge is 0.506 e. The van der Waals surface area contributed by atoms with Gasteiger partial charge in [0.25, 0.3) is 0 Å². The van der Waals surface area contributed by atoms with Crippen LogP contribution >= 0.6 is 59.1 Å². The second kappa shape index (κ2) is 9.38. The molecule has 2 aromatic carbocycles. The van der Waals surface area contributed by atoms with Crippen molar-refractivity contribution in [3.8, 4) is 17.0 Å². The molecular weight excluding hydrogens is 596 g/mol. The van der Waals surface area contributed by atoms with E-state index in [0.717, 1.165) is 27.0 Å². The number of pyridine rings is 1. The van der Waals surface area contributed by atoms with Gasteiger partial charge in [-0.2, -0.15) is 5.10 Å². The van der Waals surface area contributed by atoms with Crippen molar-refractivity contribution in [3.63, 3.8) is 0 Å². The van der Waals surface area contributed by atoms with Gasteiger partial charge in [-0.15, -0.1) is 11.3 Å². The molecule has 2 aromatic heterocycles. The highest BCUT2D eigenvalue weighted by atomic mass is 79.9. The van der Waals surface area contributed by atoms with Gasteiger partial charge in [0.2, 0.25) is 4.80 Å². The molecule has 0 saturated carbocycles. The van der Waals surface area contributed by atoms with Crippen LogP contribution in [0.3, 0.4) is 0 Å². The number of phenolic OH excluding ortho intramolecular Hbond substituents is 1. The van der Waals surface area contributed by atoms with Gasteiger partial charge < -0.3 is 5.11 Å². The third kappa shape index (κ3) is 4.64. The second-order valence-corrected chi connectivity index (χ2v) is 9.50. The minimum atomic E-state index is 0.150. The Bertz CT molecular complexity index is 1280. The smallest absolute Gasteiger partial charge is 0.211 e. The Kier molecular flexibility index (Phi) is 6.62. The lowest BCUT2D eigenvalue weighted by molar-refractivity contribution is 0.468. The SMILES string of the molecule is Oc1c(Br)cc(C=Nn2c(-c3ccccc3Br)csc2=Nc2cccnc2)cc1Br. The van der Waals surface area contributed by atoms with Crippen LogP contribution in [0.4, 0.5) is 5.69 Å². The van der Waals surface area contributed by atoms with Gasteiger partial charge in [0.05, 0.1) is 32.7 Å². The Morgan fingerprint density at radius 1 is 1.00 bits per heavy atom. The number of aromatic hydroxyl groups is 1. The van der Waals surface area contributed by atoms with Crippen molar-refractivity contribution in [2.45, 2.75) is 0 Å². The summed E-state index contributed by atoms with van der Waals surface area (Å²) in [5.41, 5.74) is 3.47. The Morgan fingerprint density at radius 2 is 1.77 bits per heavy atom. The van der Waals surface area contributed by atoms with Crippen molar-refractivity contribution < 1.29 is 5.11 Å². The minimum Gasteiger partial charge on any atom is -0.506 e. The van der Waals surface area contributed by atoms with Crippen LogP contribution in [0.2, 0.25) is 0 Å². The third-order valence-corrected chi connectivity index (χ3v) is 6.78. The summed E-state index contributed by atoms with van der Waals surface area (Å²) >= 11 is 11.8. The van der Waals surface area contributed by atoms with Crippen molar-refractivity contribution in [1.29, 1.82) is 0 Å². The number of hydrogen-bond donors (Lipinski definition) is 1. The fourth-order valence-electron chi connectivity index (χ4n) is 2.66. The van der Waals surface area contributed by atoms with Crippen molar-refractivity contribution in [2.75, 3.05) is 0 Å². The molecule has 0 amide bonds. The third-order valence-electron chi connectivity index (χ3n) is 4.07. The van der Waals surface area contributed by atoms with Crippen LogP contribution in [0.1, 0.15) is 5.56 Å². The fourth-order valence-corrected chi connectivity index (χ4v) is 5.21. The lowest BCUT2D eigenvalue weighted by Crippen LogP contribution is -2.11. The van der Waals surface area contributed by atoms with E-state index < -0.39 is 0 Å². The molecule has 0 aliphatic heterocycles. The number of halogens is 3. The van der Waals surface area contributed by atoms with Gasteiger partial charge in [0.1, 0.15) is 5.75 Å². The van der Waals surface area contributed by atoms with Crippen LogP contribution in [0.25, 0.3) is 11.3 Å². The molecule has 30 heavy (non-hydrogen) atoms. The second-order valence-electron chi connectivity index (χ2n) is 6.10. The topological polar surface area (TPSA) is 62.8 Å². The Labute approximate surface area is 201 Å². The van der Waals surface area contributed by atoms with Crippen LogP contribution in [-0.2, 0) is 0 Å². The number of nitrogens with zero attached hydrogens (tertiary/aromatic N) is 4. The van der Waals surface area contributed by atoms with E-state index in [4.69, 9.17) is 10.1 Å². The maximum atomic E-state index is 9.95. The standard InChI is InChI=1S/C21H13Br3N4OS/c22-16-6-2-1-5-15(16)19-12-30-21(27-14-4-3-7-25-11-14)28(19)26-10-13-8-17(23)20(29)18(24)9-13/h1-12,29H. The number of benzene rings is 2. The van der Waals surface area contributed by atoms with Crippen molar-refractivity contribution in [1.82, 2.24) is 9.66 Å². The quantitative estimate of drug-likeness (QED) is 0.262. The monoisotopic (exact) mass is 606 g/mol. The highest BCUT2D eigenvalue weighted by molar-refractivity contribution is 9.11. The molecule has 0 aliphatic rings. The van der Waals surface area contributed by atoms with E-state index in [2.05, 4.69) is 52.8 Å². The number of rotatable bonds is 4. The zero-order valence-corrected chi connectivity index (χ0v) is 20.8. The molecule has 0 spiro atoms. The first-order chi connectivity index (χ1) is 14.5. The molecule has 0 saturated heterocycles. The molecular formula is C21H13Br3N4OS. The van der Waals surface area contributed by atoms with Gasteiger partial charge in [-0.05, 0) is 67.8 Å². The van der Waals surface area contributed by atoms with Crippen LogP contribution in [0.5, 0.6) is 5.75 Å². The highest BCUT2D eigenvalue weighted by Gasteiger charge is 2.11. The maximum absolute atomic E-state index is 9.95. The van der Waals surface area contributed by atoms with Crippen LogP contribution in [0.15, 0.2) is 89.8 Å². The van der Waals surface area contributed by atoms with E-state index in [-0.39, 0.29) is 5.75 Å². The normalized spacial score (nSPS) is 12.0. The number of thiazole rings is 1. The Morgan fingerprint density at radius 3 is 2.47 bits per heavy atom. The first kappa shape index (κ1) is 21.2. The lowest BCUT2D eigenvalue weighted by atomic mass is 10.2. The molecule has 0 unspecified atom stereocenters. The maximum Gasteiger partial charge on any atom is 0.211 e. The first-order valence-electron chi connectivity index (χ1n) is 8.65. The Hall–Kier alpha value is -2.07. The molecule has 4 rings (SSSR count). The molecule has 2 heterocycles. The number of aromatic nitrogens is 2. The van der Waals surface area contributed by atoms with E-state index in [1.807, 2.05) is 41.8 Å². The molecule has 4 aromatic rings. The summed E-state index contributed by atoms with van der Waals surface area (Å²) in [6, 6.07) is 15.3. The van der Waals surface area contributed by atoms with Crippen molar-refractivity contribution in [2.24, 2.45) is 10.1 Å². The predicted octanol–water partition coefficient (Wildman–Crippen LogP) is 6.72. The highest BCUT2D eigenvalue weighted by Crippen LogP contribution is 2.33. The molecule has 0 bridgehead atoms. The molecule has 0 fully saturated rings. The van der Waals surface area contributed by atoms with Crippen LogP contribution in [-0.4, -0.2) is 21.0 Å². The molecule has 150 valence electrons. The summed E-state index contributed by atoms with van der Waals surface area (Å²) < 4.78 is 3.93. The van der Waals surface area contributed by atoms with Crippen molar-refractivity contribution >= 4 is 71.0 Å². The molecule has 1 N–H and O–H groups in total. The van der Waals surface area contributed by atoms with Crippen LogP contribution in [0, 0.1) is 0 Å². The summed E-state index contributed by atoms with van der Waals surface area (Å²) in [6.45, 7) is 0. The summed E-state index contributed by atoms with van der Waals surface area (Å²) in [5, 5.41) is 16.7.